The highest BCUT2D eigenvalue weighted by molar-refractivity contribution is 5.78. The van der Waals surface area contributed by atoms with Crippen molar-refractivity contribution in [1.29, 1.82) is 0 Å². The van der Waals surface area contributed by atoms with Crippen LogP contribution in [0.25, 0.3) is 0 Å². The van der Waals surface area contributed by atoms with Crippen molar-refractivity contribution in [1.82, 2.24) is 5.32 Å². The van der Waals surface area contributed by atoms with Gasteiger partial charge in [0.15, 0.2) is 5.96 Å². The number of rotatable bonds is 6. The standard InChI is InChI=1S/C19H25N3/c1-15(2)22-19(20)21-14-13-18(16-9-5-3-6-10-16)17-11-7-4-8-12-17/h3-12,15,18H,13-14H2,1-2H3,(H3,20,21,22). The van der Waals surface area contributed by atoms with Crippen molar-refractivity contribution < 1.29 is 0 Å². The summed E-state index contributed by atoms with van der Waals surface area (Å²) in [6, 6.07) is 21.5. The molecule has 0 aliphatic carbocycles. The van der Waals surface area contributed by atoms with Crippen molar-refractivity contribution >= 4 is 5.96 Å². The summed E-state index contributed by atoms with van der Waals surface area (Å²) < 4.78 is 0. The molecule has 0 unspecified atom stereocenters. The highest BCUT2D eigenvalue weighted by atomic mass is 15.1. The summed E-state index contributed by atoms with van der Waals surface area (Å²) in [7, 11) is 0. The average molecular weight is 295 g/mol. The Kier molecular flexibility index (Phi) is 6.01. The van der Waals surface area contributed by atoms with Gasteiger partial charge < -0.3 is 11.1 Å². The van der Waals surface area contributed by atoms with Gasteiger partial charge in [0.1, 0.15) is 0 Å². The predicted molar refractivity (Wildman–Crippen MR) is 94.1 cm³/mol. The molecule has 0 saturated heterocycles. The molecule has 2 rings (SSSR count). The maximum Gasteiger partial charge on any atom is 0.188 e. The molecule has 0 aliphatic rings. The molecule has 2 aromatic carbocycles. The number of hydrogen-bond donors (Lipinski definition) is 2. The molecule has 116 valence electrons. The third-order valence-electron chi connectivity index (χ3n) is 3.54. The smallest absolute Gasteiger partial charge is 0.188 e. The molecule has 22 heavy (non-hydrogen) atoms. The van der Waals surface area contributed by atoms with Crippen molar-refractivity contribution in [3.63, 3.8) is 0 Å². The zero-order chi connectivity index (χ0) is 15.8. The van der Waals surface area contributed by atoms with Gasteiger partial charge in [-0.05, 0) is 31.4 Å². The molecule has 0 aromatic heterocycles. The van der Waals surface area contributed by atoms with E-state index in [1.807, 2.05) is 12.1 Å². The van der Waals surface area contributed by atoms with Crippen LogP contribution in [-0.4, -0.2) is 18.5 Å². The monoisotopic (exact) mass is 295 g/mol. The lowest BCUT2D eigenvalue weighted by molar-refractivity contribution is 0.701. The normalized spacial score (nSPS) is 11.9. The summed E-state index contributed by atoms with van der Waals surface area (Å²) in [5.74, 6) is 0.868. The molecule has 0 atom stereocenters. The van der Waals surface area contributed by atoms with E-state index in [1.165, 1.54) is 11.1 Å². The minimum atomic E-state index is 0.308. The molecule has 0 spiro atoms. The third kappa shape index (κ3) is 4.92. The molecule has 3 N–H and O–H groups in total. The lowest BCUT2D eigenvalue weighted by Crippen LogP contribution is -2.36. The van der Waals surface area contributed by atoms with Gasteiger partial charge in [0.05, 0.1) is 0 Å². The van der Waals surface area contributed by atoms with E-state index in [9.17, 15) is 0 Å². The molecule has 3 heteroatoms. The predicted octanol–water partition coefficient (Wildman–Crippen LogP) is 3.52. The van der Waals surface area contributed by atoms with Crippen molar-refractivity contribution in [2.24, 2.45) is 10.7 Å². The van der Waals surface area contributed by atoms with Gasteiger partial charge in [-0.25, -0.2) is 0 Å². The van der Waals surface area contributed by atoms with E-state index in [0.717, 1.165) is 6.42 Å². The van der Waals surface area contributed by atoms with Crippen LogP contribution >= 0.6 is 0 Å². The fraction of sp³-hybridized carbons (Fsp3) is 0.316. The number of nitrogens with two attached hydrogens (primary N) is 1. The summed E-state index contributed by atoms with van der Waals surface area (Å²) >= 11 is 0. The van der Waals surface area contributed by atoms with Crippen LogP contribution in [0, 0.1) is 0 Å². The molecule has 0 fully saturated rings. The van der Waals surface area contributed by atoms with Gasteiger partial charge in [0, 0.05) is 18.5 Å². The zero-order valence-electron chi connectivity index (χ0n) is 13.4. The number of hydrogen-bond acceptors (Lipinski definition) is 1. The van der Waals surface area contributed by atoms with Crippen LogP contribution in [0.2, 0.25) is 0 Å². The van der Waals surface area contributed by atoms with Crippen molar-refractivity contribution in [2.75, 3.05) is 6.54 Å². The number of nitrogens with zero attached hydrogens (tertiary/aromatic N) is 1. The van der Waals surface area contributed by atoms with Gasteiger partial charge in [-0.2, -0.15) is 0 Å². The van der Waals surface area contributed by atoms with Crippen LogP contribution in [0.15, 0.2) is 65.7 Å². The van der Waals surface area contributed by atoms with E-state index in [2.05, 4.69) is 72.7 Å². The fourth-order valence-corrected chi connectivity index (χ4v) is 2.55. The van der Waals surface area contributed by atoms with Crippen molar-refractivity contribution in [3.8, 4) is 0 Å². The molecule has 0 amide bonds. The molecule has 3 nitrogen and oxygen atoms in total. The summed E-state index contributed by atoms with van der Waals surface area (Å²) in [6.07, 6.45) is 0.939. The third-order valence-corrected chi connectivity index (χ3v) is 3.54. The summed E-state index contributed by atoms with van der Waals surface area (Å²) in [4.78, 5) is 4.44. The van der Waals surface area contributed by atoms with E-state index < -0.39 is 0 Å². The first-order chi connectivity index (χ1) is 10.7. The van der Waals surface area contributed by atoms with E-state index >= 15 is 0 Å². The number of aliphatic imine (C=N–C) groups is 1. The second-order valence-corrected chi connectivity index (χ2v) is 5.73. The van der Waals surface area contributed by atoms with Gasteiger partial charge in [0.2, 0.25) is 0 Å². The lowest BCUT2D eigenvalue weighted by Gasteiger charge is -2.17. The molecule has 0 heterocycles. The summed E-state index contributed by atoms with van der Waals surface area (Å²) in [6.45, 7) is 4.82. The first kappa shape index (κ1) is 16.1. The van der Waals surface area contributed by atoms with Gasteiger partial charge in [0.25, 0.3) is 0 Å². The van der Waals surface area contributed by atoms with Crippen LogP contribution in [0.5, 0.6) is 0 Å². The molecule has 2 aromatic rings. The van der Waals surface area contributed by atoms with Crippen LogP contribution in [0.3, 0.4) is 0 Å². The van der Waals surface area contributed by atoms with Gasteiger partial charge in [-0.1, -0.05) is 60.7 Å². The summed E-state index contributed by atoms with van der Waals surface area (Å²) in [5.41, 5.74) is 8.51. The Balaban J connectivity index is 2.10. The van der Waals surface area contributed by atoms with Crippen LogP contribution in [-0.2, 0) is 0 Å². The van der Waals surface area contributed by atoms with Crippen LogP contribution in [0.1, 0.15) is 37.3 Å². The average Bonchev–Trinajstić information content (AvgIpc) is 2.52. The van der Waals surface area contributed by atoms with Gasteiger partial charge in [-0.15, -0.1) is 0 Å². The molecular formula is C19H25N3. The molecular weight excluding hydrogens is 270 g/mol. The number of nitrogens with one attached hydrogen (secondary N) is 1. The van der Waals surface area contributed by atoms with Gasteiger partial charge >= 0.3 is 0 Å². The number of guanidine groups is 1. The van der Waals surface area contributed by atoms with E-state index in [1.54, 1.807) is 0 Å². The maximum atomic E-state index is 5.88. The molecule has 0 aliphatic heterocycles. The fourth-order valence-electron chi connectivity index (χ4n) is 2.55. The highest BCUT2D eigenvalue weighted by Gasteiger charge is 2.13. The molecule has 0 radical (unpaired) electrons. The van der Waals surface area contributed by atoms with Crippen molar-refractivity contribution in [2.45, 2.75) is 32.2 Å². The first-order valence-electron chi connectivity index (χ1n) is 7.83. The Morgan fingerprint density at radius 1 is 0.955 bits per heavy atom. The Morgan fingerprint density at radius 2 is 1.45 bits per heavy atom. The molecule has 0 saturated carbocycles. The minimum Gasteiger partial charge on any atom is -0.370 e. The zero-order valence-corrected chi connectivity index (χ0v) is 13.4. The largest absolute Gasteiger partial charge is 0.370 e. The van der Waals surface area contributed by atoms with E-state index in [4.69, 9.17) is 5.73 Å². The van der Waals surface area contributed by atoms with E-state index in [-0.39, 0.29) is 0 Å². The minimum absolute atomic E-state index is 0.308. The Morgan fingerprint density at radius 3 is 1.91 bits per heavy atom. The first-order valence-corrected chi connectivity index (χ1v) is 7.83. The SMILES string of the molecule is CC(C)NC(N)=NCCC(c1ccccc1)c1ccccc1. The second kappa shape index (κ2) is 8.23. The Bertz CT molecular complexity index is 537. The second-order valence-electron chi connectivity index (χ2n) is 5.73. The number of benzene rings is 2. The maximum absolute atomic E-state index is 5.88. The topological polar surface area (TPSA) is 50.4 Å². The Labute approximate surface area is 133 Å². The van der Waals surface area contributed by atoms with Crippen molar-refractivity contribution in [3.05, 3.63) is 71.8 Å². The van der Waals surface area contributed by atoms with Crippen LogP contribution in [0.4, 0.5) is 0 Å². The Hall–Kier alpha value is -2.29. The summed E-state index contributed by atoms with van der Waals surface area (Å²) in [5, 5.41) is 3.12. The van der Waals surface area contributed by atoms with E-state index in [0.29, 0.717) is 24.5 Å². The lowest BCUT2D eigenvalue weighted by atomic mass is 9.89. The molecule has 0 bridgehead atoms. The van der Waals surface area contributed by atoms with Crippen LogP contribution < -0.4 is 11.1 Å². The quantitative estimate of drug-likeness (QED) is 0.633. The highest BCUT2D eigenvalue weighted by Crippen LogP contribution is 2.27. The van der Waals surface area contributed by atoms with Gasteiger partial charge in [-0.3, -0.25) is 4.99 Å².